The molecule has 0 bridgehead atoms. The Bertz CT molecular complexity index is 1610. The van der Waals surface area contributed by atoms with Gasteiger partial charge in [-0.3, -0.25) is 4.79 Å². The molecule has 43 heavy (non-hydrogen) atoms. The van der Waals surface area contributed by atoms with Crippen LogP contribution in [0.4, 0.5) is 18.9 Å². The van der Waals surface area contributed by atoms with Crippen LogP contribution in [0.25, 0.3) is 11.6 Å². The molecular weight excluding hydrogens is 555 g/mol. The fourth-order valence-corrected chi connectivity index (χ4v) is 5.08. The van der Waals surface area contributed by atoms with Crippen molar-refractivity contribution in [2.75, 3.05) is 11.9 Å². The molecule has 0 saturated heterocycles. The van der Waals surface area contributed by atoms with Crippen LogP contribution in [0.5, 0.6) is 11.5 Å². The van der Waals surface area contributed by atoms with Gasteiger partial charge in [0.1, 0.15) is 34.9 Å². The first kappa shape index (κ1) is 29.9. The fourth-order valence-electron chi connectivity index (χ4n) is 5.08. The Morgan fingerprint density at radius 3 is 2.51 bits per heavy atom. The number of aromatic nitrogens is 2. The molecule has 1 aliphatic rings. The van der Waals surface area contributed by atoms with Crippen molar-refractivity contribution in [2.24, 2.45) is 12.5 Å². The van der Waals surface area contributed by atoms with Crippen molar-refractivity contribution in [1.29, 1.82) is 0 Å². The first-order valence-electron chi connectivity index (χ1n) is 14.2. The van der Waals surface area contributed by atoms with E-state index < -0.39 is 34.5 Å². The van der Waals surface area contributed by atoms with E-state index in [1.54, 1.807) is 20.0 Å². The van der Waals surface area contributed by atoms with Gasteiger partial charge in [0.05, 0.1) is 6.61 Å². The number of ether oxygens (including phenoxy) is 2. The second-order valence-electron chi connectivity index (χ2n) is 11.3. The number of anilines is 1. The van der Waals surface area contributed by atoms with E-state index in [2.05, 4.69) is 28.5 Å². The Morgan fingerprint density at radius 1 is 1.07 bits per heavy atom. The van der Waals surface area contributed by atoms with Crippen molar-refractivity contribution in [3.05, 3.63) is 107 Å². The topological polar surface area (TPSA) is 65.4 Å². The number of fused-ring (bicyclic) bond motifs is 1. The molecule has 1 aliphatic heterocycles. The smallest absolute Gasteiger partial charge is 0.230 e. The number of amides is 1. The third kappa shape index (κ3) is 7.10. The molecule has 1 unspecified atom stereocenters. The van der Waals surface area contributed by atoms with E-state index in [0.717, 1.165) is 35.6 Å². The summed E-state index contributed by atoms with van der Waals surface area (Å²) in [5, 5.41) is 2.26. The number of hydrogen-bond donors (Lipinski definition) is 1. The van der Waals surface area contributed by atoms with Crippen LogP contribution < -0.4 is 14.8 Å². The highest BCUT2D eigenvalue weighted by molar-refractivity contribution is 5.95. The number of aryl methyl sites for hydroxylation is 2. The highest BCUT2D eigenvalue weighted by Crippen LogP contribution is 2.37. The summed E-state index contributed by atoms with van der Waals surface area (Å²) in [6.07, 6.45) is 8.19. The molecule has 6 nitrogen and oxygen atoms in total. The summed E-state index contributed by atoms with van der Waals surface area (Å²) in [4.78, 5) is 17.3. The molecule has 4 aromatic rings. The maximum absolute atomic E-state index is 14.0. The molecule has 0 fully saturated rings. The molecule has 0 radical (unpaired) electrons. The Balaban J connectivity index is 1.21. The lowest BCUT2D eigenvalue weighted by molar-refractivity contribution is -0.124. The van der Waals surface area contributed by atoms with Crippen LogP contribution in [-0.2, 0) is 18.3 Å². The first-order valence-corrected chi connectivity index (χ1v) is 14.2. The predicted molar refractivity (Wildman–Crippen MR) is 160 cm³/mol. The lowest BCUT2D eigenvalue weighted by Gasteiger charge is -2.28. The molecule has 1 atom stereocenters. The van der Waals surface area contributed by atoms with Gasteiger partial charge in [0, 0.05) is 48.1 Å². The van der Waals surface area contributed by atoms with Gasteiger partial charge in [-0.25, -0.2) is 18.2 Å². The lowest BCUT2D eigenvalue weighted by Crippen LogP contribution is -2.32. The highest BCUT2D eigenvalue weighted by atomic mass is 19.1. The summed E-state index contributed by atoms with van der Waals surface area (Å²) in [5.74, 6) is -1.69. The average Bonchev–Trinajstić information content (AvgIpc) is 3.41. The van der Waals surface area contributed by atoms with Crippen LogP contribution in [0.3, 0.4) is 0 Å². The van der Waals surface area contributed by atoms with Crippen molar-refractivity contribution < 1.29 is 27.4 Å². The van der Waals surface area contributed by atoms with Crippen LogP contribution >= 0.6 is 0 Å². The number of nitrogens with zero attached hydrogens (tertiary/aromatic N) is 2. The molecule has 9 heteroatoms. The minimum Gasteiger partial charge on any atom is -0.494 e. The third-order valence-corrected chi connectivity index (χ3v) is 7.60. The maximum atomic E-state index is 14.0. The molecular formula is C34H34F3N3O3. The van der Waals surface area contributed by atoms with Crippen molar-refractivity contribution in [3.8, 4) is 11.5 Å². The molecule has 0 aliphatic carbocycles. The monoisotopic (exact) mass is 589 g/mol. The summed E-state index contributed by atoms with van der Waals surface area (Å²) < 4.78 is 55.6. The van der Waals surface area contributed by atoms with E-state index in [0.29, 0.717) is 37.3 Å². The minimum absolute atomic E-state index is 0.161. The summed E-state index contributed by atoms with van der Waals surface area (Å²) >= 11 is 0. The zero-order valence-corrected chi connectivity index (χ0v) is 24.4. The van der Waals surface area contributed by atoms with E-state index >= 15 is 0 Å². The third-order valence-electron chi connectivity index (χ3n) is 7.60. The van der Waals surface area contributed by atoms with Gasteiger partial charge in [0.25, 0.3) is 0 Å². The van der Waals surface area contributed by atoms with Crippen molar-refractivity contribution in [3.63, 3.8) is 0 Å². The minimum atomic E-state index is -1.16. The quantitative estimate of drug-likeness (QED) is 0.183. The number of benzene rings is 3. The Kier molecular flexibility index (Phi) is 8.89. The van der Waals surface area contributed by atoms with Crippen LogP contribution in [0, 0.1) is 22.9 Å². The van der Waals surface area contributed by atoms with Crippen LogP contribution in [-0.4, -0.2) is 28.2 Å². The fraction of sp³-hybridized carbons (Fsp3) is 0.294. The van der Waals surface area contributed by atoms with Crippen molar-refractivity contribution >= 4 is 23.2 Å². The van der Waals surface area contributed by atoms with Crippen LogP contribution in [0.1, 0.15) is 50.1 Å². The van der Waals surface area contributed by atoms with Crippen molar-refractivity contribution in [1.82, 2.24) is 9.55 Å². The maximum Gasteiger partial charge on any atom is 0.230 e. The molecule has 1 N–H and O–H groups in total. The summed E-state index contributed by atoms with van der Waals surface area (Å²) in [6.45, 7) is 3.68. The van der Waals surface area contributed by atoms with Gasteiger partial charge < -0.3 is 19.4 Å². The first-order chi connectivity index (χ1) is 20.6. The molecule has 3 aromatic carbocycles. The molecule has 0 spiro atoms. The van der Waals surface area contributed by atoms with E-state index in [-0.39, 0.29) is 6.10 Å². The van der Waals surface area contributed by atoms with Crippen molar-refractivity contribution in [2.45, 2.75) is 45.6 Å². The Hall–Kier alpha value is -4.53. The number of hydrogen-bond acceptors (Lipinski definition) is 4. The standard InChI is InChI=1S/C34H34F3N3O3/c1-34(2,33(41)39-31-27(36)20-24(35)21-28(31)37)14-7-17-42-25-11-13-29-23(18-25)19-26(32-38-15-16-40(32)3)30(43-29)12-10-22-8-5-4-6-9-22/h4-6,8-9,11,13,15-16,18-21,30H,7,10,12,14,17H2,1-3H3,(H,39,41). The summed E-state index contributed by atoms with van der Waals surface area (Å²) in [7, 11) is 1.96. The normalized spacial score (nSPS) is 14.5. The van der Waals surface area contributed by atoms with Crippen LogP contribution in [0.2, 0.25) is 0 Å². The lowest BCUT2D eigenvalue weighted by atomic mass is 9.87. The molecule has 2 heterocycles. The summed E-state index contributed by atoms with van der Waals surface area (Å²) in [5.41, 5.74) is 1.52. The second-order valence-corrected chi connectivity index (χ2v) is 11.3. The second kappa shape index (κ2) is 12.8. The number of nitrogens with one attached hydrogen (secondary N) is 1. The van der Waals surface area contributed by atoms with Gasteiger partial charge in [-0.15, -0.1) is 0 Å². The molecule has 0 saturated carbocycles. The van der Waals surface area contributed by atoms with Gasteiger partial charge in [-0.1, -0.05) is 44.2 Å². The predicted octanol–water partition coefficient (Wildman–Crippen LogP) is 7.60. The van der Waals surface area contributed by atoms with E-state index in [1.165, 1.54) is 5.56 Å². The van der Waals surface area contributed by atoms with E-state index in [1.807, 2.05) is 54.2 Å². The molecule has 5 rings (SSSR count). The van der Waals surface area contributed by atoms with E-state index in [4.69, 9.17) is 9.47 Å². The SMILES string of the molecule is Cn1ccnc1C1=Cc2cc(OCCCC(C)(C)C(=O)Nc3c(F)cc(F)cc3F)ccc2OC1CCc1ccccc1. The molecule has 1 aromatic heterocycles. The highest BCUT2D eigenvalue weighted by Gasteiger charge is 2.29. The molecule has 224 valence electrons. The van der Waals surface area contributed by atoms with Gasteiger partial charge in [0.2, 0.25) is 5.91 Å². The van der Waals surface area contributed by atoms with Gasteiger partial charge >= 0.3 is 0 Å². The number of halogens is 3. The van der Waals surface area contributed by atoms with Crippen LogP contribution in [0.15, 0.2) is 73.1 Å². The Morgan fingerprint density at radius 2 is 1.81 bits per heavy atom. The van der Waals surface area contributed by atoms with Gasteiger partial charge in [0.15, 0.2) is 11.6 Å². The zero-order valence-electron chi connectivity index (χ0n) is 24.4. The Labute approximate surface area is 249 Å². The number of rotatable bonds is 11. The number of carbonyl (C=O) groups excluding carboxylic acids is 1. The van der Waals surface area contributed by atoms with Gasteiger partial charge in [-0.2, -0.15) is 0 Å². The summed E-state index contributed by atoms with van der Waals surface area (Å²) in [6, 6.07) is 17.0. The number of imidazole rings is 1. The molecule has 1 amide bonds. The number of carbonyl (C=O) groups is 1. The zero-order chi connectivity index (χ0) is 30.6. The van der Waals surface area contributed by atoms with E-state index in [9.17, 15) is 18.0 Å². The largest absolute Gasteiger partial charge is 0.494 e. The van der Waals surface area contributed by atoms with Gasteiger partial charge in [-0.05, 0) is 55.5 Å². The average molecular weight is 590 g/mol.